The summed E-state index contributed by atoms with van der Waals surface area (Å²) >= 11 is 0. The van der Waals surface area contributed by atoms with Crippen LogP contribution in [0.1, 0.15) is 51.7 Å². The molecule has 2 atom stereocenters. The van der Waals surface area contributed by atoms with Crippen molar-refractivity contribution in [1.29, 1.82) is 0 Å². The Morgan fingerprint density at radius 2 is 1.84 bits per heavy atom. The molecule has 1 aromatic carbocycles. The van der Waals surface area contributed by atoms with Gasteiger partial charge in [-0.05, 0) is 55.1 Å². The van der Waals surface area contributed by atoms with Gasteiger partial charge in [0.25, 0.3) is 0 Å². The molecule has 1 aliphatic rings. The number of likely N-dealkylation sites (tertiary alicyclic amines) is 1. The number of aliphatic hydroxyl groups is 1. The summed E-state index contributed by atoms with van der Waals surface area (Å²) in [7, 11) is -1.90. The van der Waals surface area contributed by atoms with Crippen LogP contribution in [0.3, 0.4) is 0 Å². The Kier molecular flexibility index (Phi) is 5.84. The second-order valence-corrected chi connectivity index (χ2v) is 13.1. The van der Waals surface area contributed by atoms with Crippen LogP contribution in [0.25, 0.3) is 0 Å². The van der Waals surface area contributed by atoms with Crippen LogP contribution < -0.4 is 4.43 Å². The van der Waals surface area contributed by atoms with E-state index in [-0.39, 0.29) is 11.1 Å². The van der Waals surface area contributed by atoms with Gasteiger partial charge in [-0.1, -0.05) is 32.9 Å². The first-order valence-electron chi connectivity index (χ1n) is 8.99. The van der Waals surface area contributed by atoms with Crippen molar-refractivity contribution >= 4 is 14.4 Å². The van der Waals surface area contributed by atoms with Crippen molar-refractivity contribution in [2.45, 2.75) is 70.3 Å². The van der Waals surface area contributed by atoms with Crippen LogP contribution in [0.2, 0.25) is 18.1 Å². The van der Waals surface area contributed by atoms with E-state index in [1.165, 1.54) is 4.90 Å². The van der Waals surface area contributed by atoms with Gasteiger partial charge in [-0.2, -0.15) is 0 Å². The fourth-order valence-electron chi connectivity index (χ4n) is 2.93. The Balaban J connectivity index is 2.12. The van der Waals surface area contributed by atoms with E-state index < -0.39 is 20.5 Å². The second-order valence-electron chi connectivity index (χ2n) is 8.42. The molecule has 0 bridgehead atoms. The second kappa shape index (κ2) is 7.38. The van der Waals surface area contributed by atoms with E-state index in [1.54, 1.807) is 0 Å². The van der Waals surface area contributed by atoms with Crippen molar-refractivity contribution in [2.24, 2.45) is 0 Å². The van der Waals surface area contributed by atoms with Crippen molar-refractivity contribution in [1.82, 2.24) is 4.90 Å². The molecule has 1 aliphatic heterocycles. The number of aliphatic hydroxyl groups excluding tert-OH is 1. The van der Waals surface area contributed by atoms with Gasteiger partial charge in [0.15, 0.2) is 0 Å². The Morgan fingerprint density at radius 1 is 1.24 bits per heavy atom. The molecule has 0 unspecified atom stereocenters. The Hall–Kier alpha value is -1.53. The van der Waals surface area contributed by atoms with E-state index in [0.717, 1.165) is 24.2 Å². The molecule has 6 heteroatoms. The smallest absolute Gasteiger partial charge is 0.407 e. The standard InChI is InChI=1S/C19H31NO4Si/c1-19(2,3)25(4,5)24-15-11-9-14(10-12-15)17(21)16-8-6-7-13-20(16)18(22)23/h9-12,16-17,21H,6-8,13H2,1-5H3,(H,22,23)/t16-,17-/m0/s1. The van der Waals surface area contributed by atoms with Crippen molar-refractivity contribution in [3.63, 3.8) is 0 Å². The summed E-state index contributed by atoms with van der Waals surface area (Å²) in [6.45, 7) is 11.5. The zero-order chi connectivity index (χ0) is 18.8. The molecule has 2 N–H and O–H groups in total. The first-order chi connectivity index (χ1) is 11.5. The Bertz CT molecular complexity index is 594. The van der Waals surface area contributed by atoms with Gasteiger partial charge >= 0.3 is 6.09 Å². The summed E-state index contributed by atoms with van der Waals surface area (Å²) in [5.41, 5.74) is 0.737. The van der Waals surface area contributed by atoms with Gasteiger partial charge in [0, 0.05) is 6.54 Å². The Labute approximate surface area is 151 Å². The maximum absolute atomic E-state index is 11.4. The lowest BCUT2D eigenvalue weighted by Crippen LogP contribution is -2.46. The quantitative estimate of drug-likeness (QED) is 0.763. The molecule has 1 fully saturated rings. The zero-order valence-electron chi connectivity index (χ0n) is 16.0. The van der Waals surface area contributed by atoms with Crippen molar-refractivity contribution in [3.05, 3.63) is 29.8 Å². The molecule has 1 amide bonds. The van der Waals surface area contributed by atoms with E-state index in [1.807, 2.05) is 24.3 Å². The fraction of sp³-hybridized carbons (Fsp3) is 0.632. The molecule has 1 aromatic rings. The normalized spacial score (nSPS) is 20.2. The maximum Gasteiger partial charge on any atom is 0.407 e. The van der Waals surface area contributed by atoms with Gasteiger partial charge in [-0.15, -0.1) is 0 Å². The summed E-state index contributed by atoms with van der Waals surface area (Å²) in [5.74, 6) is 0.807. The third-order valence-electron chi connectivity index (χ3n) is 5.56. The number of rotatable bonds is 4. The fourth-order valence-corrected chi connectivity index (χ4v) is 3.96. The lowest BCUT2D eigenvalue weighted by atomic mass is 9.93. The SMILES string of the molecule is CC(C)(C)[Si](C)(C)Oc1ccc([C@H](O)[C@@H]2CCCCN2C(=O)O)cc1. The highest BCUT2D eigenvalue weighted by Gasteiger charge is 2.39. The molecule has 1 heterocycles. The van der Waals surface area contributed by atoms with Gasteiger partial charge in [-0.25, -0.2) is 4.79 Å². The molecular weight excluding hydrogens is 334 g/mol. The number of amides is 1. The van der Waals surface area contributed by atoms with Crippen molar-refractivity contribution in [3.8, 4) is 5.75 Å². The predicted molar refractivity (Wildman–Crippen MR) is 102 cm³/mol. The van der Waals surface area contributed by atoms with Crippen LogP contribution in [0.15, 0.2) is 24.3 Å². The number of carboxylic acid groups (broad SMARTS) is 1. The minimum atomic E-state index is -1.90. The number of piperidine rings is 1. The summed E-state index contributed by atoms with van der Waals surface area (Å²) in [6.07, 6.45) is 0.725. The monoisotopic (exact) mass is 365 g/mol. The van der Waals surface area contributed by atoms with Crippen molar-refractivity contribution in [2.75, 3.05) is 6.54 Å². The van der Waals surface area contributed by atoms with E-state index in [9.17, 15) is 15.0 Å². The third kappa shape index (κ3) is 4.55. The average Bonchev–Trinajstić information content (AvgIpc) is 2.53. The summed E-state index contributed by atoms with van der Waals surface area (Å²) in [4.78, 5) is 12.8. The largest absolute Gasteiger partial charge is 0.544 e. The first-order valence-corrected chi connectivity index (χ1v) is 11.9. The highest BCUT2D eigenvalue weighted by atomic mass is 28.4. The minimum Gasteiger partial charge on any atom is -0.544 e. The molecule has 0 spiro atoms. The number of hydrogen-bond acceptors (Lipinski definition) is 3. The van der Waals surface area contributed by atoms with Crippen LogP contribution in [0.4, 0.5) is 4.79 Å². The van der Waals surface area contributed by atoms with E-state index in [0.29, 0.717) is 13.0 Å². The van der Waals surface area contributed by atoms with E-state index in [2.05, 4.69) is 33.9 Å². The summed E-state index contributed by atoms with van der Waals surface area (Å²) in [5, 5.41) is 20.2. The molecule has 1 saturated heterocycles. The molecule has 0 radical (unpaired) electrons. The highest BCUT2D eigenvalue weighted by Crippen LogP contribution is 2.37. The van der Waals surface area contributed by atoms with Crippen LogP contribution in [0, 0.1) is 0 Å². The number of hydrogen-bond donors (Lipinski definition) is 2. The molecule has 140 valence electrons. The van der Waals surface area contributed by atoms with Gasteiger partial charge in [0.2, 0.25) is 8.32 Å². The molecule has 0 aromatic heterocycles. The van der Waals surface area contributed by atoms with Crippen LogP contribution in [-0.4, -0.2) is 42.1 Å². The maximum atomic E-state index is 11.4. The predicted octanol–water partition coefficient (Wildman–Crippen LogP) is 4.64. The summed E-state index contributed by atoms with van der Waals surface area (Å²) in [6, 6.07) is 7.09. The van der Waals surface area contributed by atoms with E-state index in [4.69, 9.17) is 4.43 Å². The molecule has 0 aliphatic carbocycles. The van der Waals surface area contributed by atoms with Gasteiger partial charge in [0.1, 0.15) is 5.75 Å². The van der Waals surface area contributed by atoms with Crippen molar-refractivity contribution < 1.29 is 19.4 Å². The van der Waals surface area contributed by atoms with E-state index >= 15 is 0 Å². The molecule has 0 saturated carbocycles. The van der Waals surface area contributed by atoms with Gasteiger partial charge in [-0.3, -0.25) is 0 Å². The molecule has 5 nitrogen and oxygen atoms in total. The average molecular weight is 366 g/mol. The Morgan fingerprint density at radius 3 is 2.36 bits per heavy atom. The van der Waals surface area contributed by atoms with Gasteiger partial charge < -0.3 is 19.5 Å². The third-order valence-corrected chi connectivity index (χ3v) is 9.92. The van der Waals surface area contributed by atoms with Crippen LogP contribution in [-0.2, 0) is 0 Å². The minimum absolute atomic E-state index is 0.120. The highest BCUT2D eigenvalue weighted by molar-refractivity contribution is 6.74. The lowest BCUT2D eigenvalue weighted by Gasteiger charge is -2.37. The number of nitrogens with zero attached hydrogens (tertiary/aromatic N) is 1. The first kappa shape index (κ1) is 19.8. The lowest BCUT2D eigenvalue weighted by molar-refractivity contribution is 0.0285. The molecular formula is C19H31NO4Si. The van der Waals surface area contributed by atoms with Gasteiger partial charge in [0.05, 0.1) is 12.1 Å². The van der Waals surface area contributed by atoms with Crippen LogP contribution in [0.5, 0.6) is 5.75 Å². The van der Waals surface area contributed by atoms with Crippen LogP contribution >= 0.6 is 0 Å². The summed E-state index contributed by atoms with van der Waals surface area (Å²) < 4.78 is 6.26. The number of carbonyl (C=O) groups is 1. The zero-order valence-corrected chi connectivity index (χ0v) is 17.0. The topological polar surface area (TPSA) is 70.0 Å². The molecule has 2 rings (SSSR count). The molecule has 25 heavy (non-hydrogen) atoms. The number of benzene rings is 1.